The van der Waals surface area contributed by atoms with E-state index < -0.39 is 0 Å². The van der Waals surface area contributed by atoms with Gasteiger partial charge in [-0.25, -0.2) is 0 Å². The Morgan fingerprint density at radius 3 is 2.50 bits per heavy atom. The minimum Gasteiger partial charge on any atom is -0.393 e. The highest BCUT2D eigenvalue weighted by Gasteiger charge is 2.37. The smallest absolute Gasteiger partial charge is 0.0571 e. The summed E-state index contributed by atoms with van der Waals surface area (Å²) in [7, 11) is 0. The zero-order chi connectivity index (χ0) is 13.1. The first-order chi connectivity index (χ1) is 8.61. The second-order valence-electron chi connectivity index (χ2n) is 7.25. The van der Waals surface area contributed by atoms with Gasteiger partial charge in [0.05, 0.1) is 6.10 Å². The van der Waals surface area contributed by atoms with Crippen LogP contribution in [0.25, 0.3) is 0 Å². The van der Waals surface area contributed by atoms with Gasteiger partial charge in [0.15, 0.2) is 0 Å². The normalized spacial score (nSPS) is 42.2. The molecule has 0 aromatic heterocycles. The van der Waals surface area contributed by atoms with E-state index in [1.165, 1.54) is 44.9 Å². The lowest BCUT2D eigenvalue weighted by atomic mass is 9.65. The zero-order valence-corrected chi connectivity index (χ0v) is 12.6. The van der Waals surface area contributed by atoms with Gasteiger partial charge in [0, 0.05) is 0 Å². The van der Waals surface area contributed by atoms with Crippen LogP contribution >= 0.6 is 0 Å². The molecule has 2 aliphatic rings. The summed E-state index contributed by atoms with van der Waals surface area (Å²) < 4.78 is 0. The molecule has 2 saturated carbocycles. The molecule has 0 aromatic rings. The average molecular weight is 252 g/mol. The van der Waals surface area contributed by atoms with Crippen LogP contribution in [0.5, 0.6) is 0 Å². The van der Waals surface area contributed by atoms with Crippen molar-refractivity contribution in [2.45, 2.75) is 78.2 Å². The van der Waals surface area contributed by atoms with Crippen LogP contribution in [0.3, 0.4) is 0 Å². The third kappa shape index (κ3) is 3.29. The number of hydrogen-bond donors (Lipinski definition) is 1. The van der Waals surface area contributed by atoms with Gasteiger partial charge in [-0.2, -0.15) is 0 Å². The van der Waals surface area contributed by atoms with Crippen LogP contribution in [-0.2, 0) is 0 Å². The Hall–Kier alpha value is -0.0400. The summed E-state index contributed by atoms with van der Waals surface area (Å²) in [6.07, 6.45) is 10.5. The molecule has 2 rings (SSSR count). The summed E-state index contributed by atoms with van der Waals surface area (Å²) in [4.78, 5) is 0. The van der Waals surface area contributed by atoms with Crippen LogP contribution in [0.15, 0.2) is 0 Å². The Labute approximate surface area is 113 Å². The van der Waals surface area contributed by atoms with Crippen molar-refractivity contribution in [3.05, 3.63) is 0 Å². The molecule has 1 N–H and O–H groups in total. The fraction of sp³-hybridized carbons (Fsp3) is 1.00. The molecule has 1 nitrogen and oxygen atoms in total. The standard InChI is InChI=1S/C17H32O/c1-4-13-6-5-7-15(10-13)16-11-14(12(2)3)8-9-17(16)18/h12-18H,4-11H2,1-3H3. The van der Waals surface area contributed by atoms with E-state index in [0.717, 1.165) is 30.1 Å². The highest BCUT2D eigenvalue weighted by molar-refractivity contribution is 4.88. The summed E-state index contributed by atoms with van der Waals surface area (Å²) in [5.74, 6) is 4.03. The first-order valence-electron chi connectivity index (χ1n) is 8.29. The molecule has 0 amide bonds. The van der Waals surface area contributed by atoms with Crippen molar-refractivity contribution in [2.75, 3.05) is 0 Å². The first kappa shape index (κ1) is 14.4. The van der Waals surface area contributed by atoms with Gasteiger partial charge in [-0.1, -0.05) is 46.5 Å². The molecule has 0 aliphatic heterocycles. The zero-order valence-electron chi connectivity index (χ0n) is 12.6. The molecule has 18 heavy (non-hydrogen) atoms. The van der Waals surface area contributed by atoms with Crippen LogP contribution in [0.2, 0.25) is 0 Å². The Bertz CT molecular complexity index is 248. The number of rotatable bonds is 3. The van der Waals surface area contributed by atoms with Crippen LogP contribution in [0.1, 0.15) is 72.1 Å². The number of aliphatic hydroxyl groups excluding tert-OH is 1. The fourth-order valence-corrected chi connectivity index (χ4v) is 4.43. The molecule has 0 bridgehead atoms. The van der Waals surface area contributed by atoms with Gasteiger partial charge in [-0.3, -0.25) is 0 Å². The second-order valence-corrected chi connectivity index (χ2v) is 7.25. The van der Waals surface area contributed by atoms with Crippen molar-refractivity contribution in [2.24, 2.45) is 29.6 Å². The minimum atomic E-state index is 0.000561. The van der Waals surface area contributed by atoms with E-state index >= 15 is 0 Å². The molecule has 0 radical (unpaired) electrons. The van der Waals surface area contributed by atoms with Crippen molar-refractivity contribution in [3.8, 4) is 0 Å². The van der Waals surface area contributed by atoms with Crippen molar-refractivity contribution >= 4 is 0 Å². The lowest BCUT2D eigenvalue weighted by molar-refractivity contribution is -0.00781. The molecule has 0 heterocycles. The van der Waals surface area contributed by atoms with E-state index in [1.54, 1.807) is 0 Å². The van der Waals surface area contributed by atoms with E-state index in [2.05, 4.69) is 20.8 Å². The molecule has 5 atom stereocenters. The summed E-state index contributed by atoms with van der Waals surface area (Å²) >= 11 is 0. The van der Waals surface area contributed by atoms with Gasteiger partial charge >= 0.3 is 0 Å². The molecule has 5 unspecified atom stereocenters. The van der Waals surface area contributed by atoms with Gasteiger partial charge in [0.25, 0.3) is 0 Å². The van der Waals surface area contributed by atoms with Crippen LogP contribution < -0.4 is 0 Å². The average Bonchev–Trinajstić information content (AvgIpc) is 2.39. The number of aliphatic hydroxyl groups is 1. The maximum atomic E-state index is 10.4. The van der Waals surface area contributed by atoms with E-state index in [4.69, 9.17) is 0 Å². The van der Waals surface area contributed by atoms with Crippen molar-refractivity contribution in [1.29, 1.82) is 0 Å². The quantitative estimate of drug-likeness (QED) is 0.776. The predicted octanol–water partition coefficient (Wildman–Crippen LogP) is 4.64. The lowest BCUT2D eigenvalue weighted by Crippen LogP contribution is -2.37. The second kappa shape index (κ2) is 6.41. The van der Waals surface area contributed by atoms with E-state index in [9.17, 15) is 5.11 Å². The maximum Gasteiger partial charge on any atom is 0.0571 e. The SMILES string of the molecule is CCC1CCCC(C2CC(C(C)C)CCC2O)C1. The Morgan fingerprint density at radius 1 is 1.06 bits per heavy atom. The molecular weight excluding hydrogens is 220 g/mol. The van der Waals surface area contributed by atoms with Gasteiger partial charge in [0.1, 0.15) is 0 Å². The molecular formula is C17H32O. The largest absolute Gasteiger partial charge is 0.393 e. The molecule has 0 saturated heterocycles. The van der Waals surface area contributed by atoms with E-state index in [1.807, 2.05) is 0 Å². The summed E-state index contributed by atoms with van der Waals surface area (Å²) in [5, 5.41) is 10.4. The van der Waals surface area contributed by atoms with Crippen molar-refractivity contribution < 1.29 is 5.11 Å². The van der Waals surface area contributed by atoms with Crippen LogP contribution in [-0.4, -0.2) is 11.2 Å². The minimum absolute atomic E-state index is 0.000561. The van der Waals surface area contributed by atoms with Crippen LogP contribution in [0.4, 0.5) is 0 Å². The van der Waals surface area contributed by atoms with Crippen LogP contribution in [0, 0.1) is 29.6 Å². The maximum absolute atomic E-state index is 10.4. The topological polar surface area (TPSA) is 20.2 Å². The van der Waals surface area contributed by atoms with Gasteiger partial charge in [-0.05, 0) is 55.3 Å². The highest BCUT2D eigenvalue weighted by atomic mass is 16.3. The Morgan fingerprint density at radius 2 is 1.83 bits per heavy atom. The molecule has 106 valence electrons. The molecule has 2 fully saturated rings. The third-order valence-electron chi connectivity index (χ3n) is 5.85. The first-order valence-corrected chi connectivity index (χ1v) is 8.29. The molecule has 2 aliphatic carbocycles. The highest BCUT2D eigenvalue weighted by Crippen LogP contribution is 2.44. The third-order valence-corrected chi connectivity index (χ3v) is 5.85. The van der Waals surface area contributed by atoms with Crippen molar-refractivity contribution in [3.63, 3.8) is 0 Å². The summed E-state index contributed by atoms with van der Waals surface area (Å²) in [6, 6.07) is 0. The van der Waals surface area contributed by atoms with Gasteiger partial charge in [0.2, 0.25) is 0 Å². The van der Waals surface area contributed by atoms with Gasteiger partial charge in [-0.15, -0.1) is 0 Å². The molecule has 0 spiro atoms. The lowest BCUT2D eigenvalue weighted by Gasteiger charge is -2.42. The Kier molecular flexibility index (Phi) is 5.12. The van der Waals surface area contributed by atoms with Crippen molar-refractivity contribution in [1.82, 2.24) is 0 Å². The summed E-state index contributed by atoms with van der Waals surface area (Å²) in [5.41, 5.74) is 0. The summed E-state index contributed by atoms with van der Waals surface area (Å²) in [6.45, 7) is 7.05. The monoisotopic (exact) mass is 252 g/mol. The van der Waals surface area contributed by atoms with Gasteiger partial charge < -0.3 is 5.11 Å². The van der Waals surface area contributed by atoms with E-state index in [-0.39, 0.29) is 6.10 Å². The molecule has 0 aromatic carbocycles. The fourth-order valence-electron chi connectivity index (χ4n) is 4.43. The Balaban J connectivity index is 1.96. The molecule has 1 heteroatoms. The number of hydrogen-bond acceptors (Lipinski definition) is 1. The predicted molar refractivity (Wildman–Crippen MR) is 77.4 cm³/mol. The van der Waals surface area contributed by atoms with E-state index in [0.29, 0.717) is 5.92 Å².